The highest BCUT2D eigenvalue weighted by molar-refractivity contribution is 6.31. The van der Waals surface area contributed by atoms with E-state index in [1.54, 1.807) is 24.1 Å². The third-order valence-corrected chi connectivity index (χ3v) is 6.67. The highest BCUT2D eigenvalue weighted by Crippen LogP contribution is 2.42. The van der Waals surface area contributed by atoms with Crippen molar-refractivity contribution in [3.8, 4) is 5.75 Å². The molecule has 0 saturated carbocycles. The lowest BCUT2D eigenvalue weighted by Crippen LogP contribution is -2.53. The van der Waals surface area contributed by atoms with Crippen LogP contribution in [-0.2, 0) is 14.3 Å². The van der Waals surface area contributed by atoms with Crippen LogP contribution >= 0.6 is 11.6 Å². The average molecular weight is 435 g/mol. The Bertz CT molecular complexity index is 879. The molecule has 30 heavy (non-hydrogen) atoms. The molecule has 0 aliphatic carbocycles. The van der Waals surface area contributed by atoms with Gasteiger partial charge in [0.25, 0.3) is 0 Å². The van der Waals surface area contributed by atoms with Crippen molar-refractivity contribution in [2.45, 2.75) is 38.2 Å². The highest BCUT2D eigenvalue weighted by atomic mass is 35.5. The van der Waals surface area contributed by atoms with Crippen LogP contribution < -0.4 is 4.74 Å². The van der Waals surface area contributed by atoms with Crippen LogP contribution in [0.25, 0.3) is 0 Å². The third kappa shape index (κ3) is 3.93. The van der Waals surface area contributed by atoms with Crippen LogP contribution in [0.5, 0.6) is 5.75 Å². The van der Waals surface area contributed by atoms with Crippen LogP contribution in [0.4, 0.5) is 0 Å². The van der Waals surface area contributed by atoms with Gasteiger partial charge in [-0.05, 0) is 24.6 Å². The SMILES string of the molecule is COCCN1CC(C(=O)N2CCC3(CC2)CC(=O)c2cc(Cl)cc(C)c2O3)CC1=O. The minimum absolute atomic E-state index is 0.00540. The minimum Gasteiger partial charge on any atom is -0.486 e. The van der Waals surface area contributed by atoms with Gasteiger partial charge in [-0.2, -0.15) is 0 Å². The predicted octanol–water partition coefficient (Wildman–Crippen LogP) is 2.47. The summed E-state index contributed by atoms with van der Waals surface area (Å²) in [5.74, 6) is 0.374. The normalized spacial score (nSPS) is 23.0. The summed E-state index contributed by atoms with van der Waals surface area (Å²) in [6.45, 7) is 4.37. The second-order valence-electron chi connectivity index (χ2n) is 8.54. The van der Waals surface area contributed by atoms with Crippen molar-refractivity contribution < 1.29 is 23.9 Å². The number of methoxy groups -OCH3 is 1. The van der Waals surface area contributed by atoms with Gasteiger partial charge in [0.15, 0.2) is 5.78 Å². The quantitative estimate of drug-likeness (QED) is 0.727. The van der Waals surface area contributed by atoms with Crippen LogP contribution in [0.3, 0.4) is 0 Å². The number of piperidine rings is 1. The van der Waals surface area contributed by atoms with Crippen molar-refractivity contribution in [3.63, 3.8) is 0 Å². The smallest absolute Gasteiger partial charge is 0.227 e. The first-order chi connectivity index (χ1) is 14.3. The fourth-order valence-electron chi connectivity index (χ4n) is 4.74. The fraction of sp³-hybridized carbons (Fsp3) is 0.591. The summed E-state index contributed by atoms with van der Waals surface area (Å²) in [5.41, 5.74) is 0.823. The number of hydrogen-bond acceptors (Lipinski definition) is 5. The van der Waals surface area contributed by atoms with E-state index in [4.69, 9.17) is 21.1 Å². The first-order valence-electron chi connectivity index (χ1n) is 10.4. The maximum atomic E-state index is 13.0. The number of fused-ring (bicyclic) bond motifs is 1. The molecule has 3 aliphatic rings. The molecule has 7 nitrogen and oxygen atoms in total. The molecule has 1 aromatic carbocycles. The van der Waals surface area contributed by atoms with E-state index in [1.807, 2.05) is 11.8 Å². The first-order valence-corrected chi connectivity index (χ1v) is 10.8. The van der Waals surface area contributed by atoms with Crippen molar-refractivity contribution >= 4 is 29.2 Å². The summed E-state index contributed by atoms with van der Waals surface area (Å²) in [7, 11) is 1.60. The molecule has 1 atom stereocenters. The van der Waals surface area contributed by atoms with Gasteiger partial charge in [0, 0.05) is 57.6 Å². The number of carbonyl (C=O) groups excluding carboxylic acids is 3. The summed E-state index contributed by atoms with van der Waals surface area (Å²) in [5, 5.41) is 0.533. The summed E-state index contributed by atoms with van der Waals surface area (Å²) in [6, 6.07) is 3.47. The van der Waals surface area contributed by atoms with Crippen LogP contribution in [0, 0.1) is 12.8 Å². The molecular weight excluding hydrogens is 408 g/mol. The van der Waals surface area contributed by atoms with Crippen molar-refractivity contribution in [2.75, 3.05) is 39.9 Å². The fourth-order valence-corrected chi connectivity index (χ4v) is 5.01. The predicted molar refractivity (Wildman–Crippen MR) is 111 cm³/mol. The molecule has 0 N–H and O–H groups in total. The van der Waals surface area contributed by atoms with E-state index >= 15 is 0 Å². The lowest BCUT2D eigenvalue weighted by Gasteiger charge is -2.44. The number of nitrogens with zero attached hydrogens (tertiary/aromatic N) is 2. The van der Waals surface area contributed by atoms with Crippen LogP contribution in [0.15, 0.2) is 12.1 Å². The Hall–Kier alpha value is -2.12. The molecule has 1 aromatic rings. The topological polar surface area (TPSA) is 76.2 Å². The number of rotatable bonds is 4. The van der Waals surface area contributed by atoms with Crippen LogP contribution in [0.2, 0.25) is 5.02 Å². The third-order valence-electron chi connectivity index (χ3n) is 6.46. The maximum Gasteiger partial charge on any atom is 0.227 e. The minimum atomic E-state index is -0.574. The number of likely N-dealkylation sites (tertiary alicyclic amines) is 2. The number of ether oxygens (including phenoxy) is 2. The molecule has 1 spiro atoms. The zero-order chi connectivity index (χ0) is 21.5. The molecule has 0 bridgehead atoms. The Morgan fingerprint density at radius 1 is 1.30 bits per heavy atom. The molecule has 162 valence electrons. The zero-order valence-corrected chi connectivity index (χ0v) is 18.2. The highest BCUT2D eigenvalue weighted by Gasteiger charge is 2.45. The first kappa shape index (κ1) is 21.1. The standard InChI is InChI=1S/C22H27ClN2O5/c1-14-9-16(23)11-17-18(26)12-22(30-20(14)17)3-5-24(6-4-22)21(28)15-10-19(27)25(13-15)7-8-29-2/h9,11,15H,3-8,10,12-13H2,1-2H3. The summed E-state index contributed by atoms with van der Waals surface area (Å²) in [6.07, 6.45) is 1.75. The van der Waals surface area contributed by atoms with E-state index in [9.17, 15) is 14.4 Å². The molecule has 3 aliphatic heterocycles. The van der Waals surface area contributed by atoms with Crippen LogP contribution in [0.1, 0.15) is 41.6 Å². The number of ketones is 1. The van der Waals surface area contributed by atoms with Gasteiger partial charge in [-0.1, -0.05) is 11.6 Å². The average Bonchev–Trinajstić information content (AvgIpc) is 3.08. The molecule has 4 rings (SSSR count). The molecule has 0 radical (unpaired) electrons. The largest absolute Gasteiger partial charge is 0.486 e. The van der Waals surface area contributed by atoms with Crippen LogP contribution in [-0.4, -0.2) is 72.9 Å². The second-order valence-corrected chi connectivity index (χ2v) is 8.98. The lowest BCUT2D eigenvalue weighted by molar-refractivity contribution is -0.139. The Balaban J connectivity index is 1.40. The number of aryl methyl sites for hydroxylation is 1. The van der Waals surface area contributed by atoms with Gasteiger partial charge in [-0.15, -0.1) is 0 Å². The monoisotopic (exact) mass is 434 g/mol. The molecule has 2 amide bonds. The molecular formula is C22H27ClN2O5. The van der Waals surface area contributed by atoms with E-state index in [1.165, 1.54) is 0 Å². The number of Topliss-reactive ketones (excluding diaryl/α,β-unsaturated/α-hetero) is 1. The Morgan fingerprint density at radius 2 is 2.03 bits per heavy atom. The van der Waals surface area contributed by atoms with Crippen molar-refractivity contribution in [3.05, 3.63) is 28.3 Å². The molecule has 2 saturated heterocycles. The van der Waals surface area contributed by atoms with Crippen molar-refractivity contribution in [1.82, 2.24) is 9.80 Å². The molecule has 8 heteroatoms. The van der Waals surface area contributed by atoms with Gasteiger partial charge in [0.1, 0.15) is 11.4 Å². The van der Waals surface area contributed by atoms with Gasteiger partial charge in [0.2, 0.25) is 11.8 Å². The van der Waals surface area contributed by atoms with Gasteiger partial charge < -0.3 is 19.3 Å². The number of benzene rings is 1. The number of halogens is 1. The summed E-state index contributed by atoms with van der Waals surface area (Å²) >= 11 is 6.10. The zero-order valence-electron chi connectivity index (χ0n) is 17.4. The Labute approximate surface area is 181 Å². The molecule has 1 unspecified atom stereocenters. The van der Waals surface area contributed by atoms with Gasteiger partial charge in [-0.25, -0.2) is 0 Å². The van der Waals surface area contributed by atoms with E-state index < -0.39 is 5.60 Å². The number of carbonyl (C=O) groups is 3. The second kappa shape index (κ2) is 8.19. The summed E-state index contributed by atoms with van der Waals surface area (Å²) < 4.78 is 11.4. The maximum absolute atomic E-state index is 13.0. The Kier molecular flexibility index (Phi) is 5.77. The van der Waals surface area contributed by atoms with E-state index in [0.717, 1.165) is 5.56 Å². The van der Waals surface area contributed by atoms with Crippen molar-refractivity contribution in [1.29, 1.82) is 0 Å². The molecule has 3 heterocycles. The van der Waals surface area contributed by atoms with E-state index in [-0.39, 0.29) is 29.9 Å². The summed E-state index contributed by atoms with van der Waals surface area (Å²) in [4.78, 5) is 41.4. The Morgan fingerprint density at radius 3 is 2.73 bits per heavy atom. The number of amides is 2. The van der Waals surface area contributed by atoms with Gasteiger partial charge >= 0.3 is 0 Å². The van der Waals surface area contributed by atoms with E-state index in [2.05, 4.69) is 0 Å². The van der Waals surface area contributed by atoms with E-state index in [0.29, 0.717) is 68.4 Å². The van der Waals surface area contributed by atoms with Crippen molar-refractivity contribution in [2.24, 2.45) is 5.92 Å². The molecule has 2 fully saturated rings. The molecule has 0 aromatic heterocycles. The lowest BCUT2D eigenvalue weighted by atomic mass is 9.81. The number of hydrogen-bond donors (Lipinski definition) is 0. The van der Waals surface area contributed by atoms with Gasteiger partial charge in [-0.3, -0.25) is 14.4 Å². The van der Waals surface area contributed by atoms with Gasteiger partial charge in [0.05, 0.1) is 24.5 Å².